The van der Waals surface area contributed by atoms with Crippen LogP contribution >= 0.6 is 15.9 Å². The summed E-state index contributed by atoms with van der Waals surface area (Å²) in [5, 5.41) is 4.26. The van der Waals surface area contributed by atoms with E-state index in [2.05, 4.69) is 45.5 Å². The third-order valence-electron chi connectivity index (χ3n) is 4.91. The topological polar surface area (TPSA) is 29.1 Å². The Morgan fingerprint density at radius 2 is 1.95 bits per heavy atom. The number of halogens is 1. The Bertz CT molecular complexity index is 461. The minimum absolute atomic E-state index is 0.209. The standard InChI is InChI=1S/C17H22BrNO/c18-10-13-7-4-8-14(13)11-19-17(20)16-9-15(16)12-5-2-1-3-6-12/h1-3,5-6,13-16H,4,7-11H2,(H,19,20). The quantitative estimate of drug-likeness (QED) is 0.816. The number of alkyl halides is 1. The van der Waals surface area contributed by atoms with Gasteiger partial charge >= 0.3 is 0 Å². The average molecular weight is 336 g/mol. The Kier molecular flexibility index (Phi) is 4.45. The van der Waals surface area contributed by atoms with Gasteiger partial charge in [0.05, 0.1) is 0 Å². The van der Waals surface area contributed by atoms with Crippen LogP contribution in [0.5, 0.6) is 0 Å². The normalized spacial score (nSPS) is 32.0. The van der Waals surface area contributed by atoms with Gasteiger partial charge in [-0.15, -0.1) is 0 Å². The van der Waals surface area contributed by atoms with Crippen molar-refractivity contribution >= 4 is 21.8 Å². The molecular formula is C17H22BrNO. The Balaban J connectivity index is 1.47. The molecule has 0 aromatic heterocycles. The molecule has 108 valence electrons. The lowest BCUT2D eigenvalue weighted by Gasteiger charge is -2.17. The number of carbonyl (C=O) groups excluding carboxylic acids is 1. The van der Waals surface area contributed by atoms with E-state index in [1.165, 1.54) is 24.8 Å². The fourth-order valence-electron chi connectivity index (χ4n) is 3.50. The third-order valence-corrected chi connectivity index (χ3v) is 5.74. The highest BCUT2D eigenvalue weighted by Gasteiger charge is 2.43. The molecule has 2 aliphatic carbocycles. The summed E-state index contributed by atoms with van der Waals surface area (Å²) in [6.45, 7) is 0.868. The van der Waals surface area contributed by atoms with E-state index in [9.17, 15) is 4.79 Å². The highest BCUT2D eigenvalue weighted by atomic mass is 79.9. The van der Waals surface area contributed by atoms with E-state index in [1.807, 2.05) is 6.07 Å². The van der Waals surface area contributed by atoms with Crippen molar-refractivity contribution in [2.75, 3.05) is 11.9 Å². The maximum absolute atomic E-state index is 12.2. The van der Waals surface area contributed by atoms with Crippen molar-refractivity contribution in [1.29, 1.82) is 0 Å². The Morgan fingerprint density at radius 1 is 1.20 bits per heavy atom. The molecule has 3 rings (SSSR count). The highest BCUT2D eigenvalue weighted by molar-refractivity contribution is 9.09. The maximum Gasteiger partial charge on any atom is 0.223 e. The van der Waals surface area contributed by atoms with E-state index in [0.29, 0.717) is 11.8 Å². The van der Waals surface area contributed by atoms with Gasteiger partial charge in [0.1, 0.15) is 0 Å². The number of amides is 1. The second-order valence-electron chi connectivity index (χ2n) is 6.21. The molecule has 1 aromatic carbocycles. The van der Waals surface area contributed by atoms with Crippen LogP contribution in [0.4, 0.5) is 0 Å². The molecule has 4 atom stereocenters. The fraction of sp³-hybridized carbons (Fsp3) is 0.588. The molecule has 4 unspecified atom stereocenters. The SMILES string of the molecule is O=C(NCC1CCCC1CBr)C1CC1c1ccccc1. The number of benzene rings is 1. The zero-order chi connectivity index (χ0) is 13.9. The molecule has 2 aliphatic rings. The largest absolute Gasteiger partial charge is 0.356 e. The summed E-state index contributed by atoms with van der Waals surface area (Å²) < 4.78 is 0. The molecule has 0 bridgehead atoms. The lowest BCUT2D eigenvalue weighted by atomic mass is 9.98. The molecule has 1 amide bonds. The molecule has 3 heteroatoms. The molecule has 0 aliphatic heterocycles. The van der Waals surface area contributed by atoms with Crippen LogP contribution in [0.25, 0.3) is 0 Å². The molecule has 1 aromatic rings. The highest BCUT2D eigenvalue weighted by Crippen LogP contribution is 2.47. The van der Waals surface area contributed by atoms with Crippen LogP contribution in [-0.4, -0.2) is 17.8 Å². The average Bonchev–Trinajstić information content (AvgIpc) is 3.17. The molecule has 0 radical (unpaired) electrons. The summed E-state index contributed by atoms with van der Waals surface area (Å²) in [5.74, 6) is 2.35. The first-order chi connectivity index (χ1) is 9.79. The summed E-state index contributed by atoms with van der Waals surface area (Å²) in [5.41, 5.74) is 1.31. The van der Waals surface area contributed by atoms with Gasteiger partial charge in [0.25, 0.3) is 0 Å². The zero-order valence-corrected chi connectivity index (χ0v) is 13.3. The van der Waals surface area contributed by atoms with E-state index in [-0.39, 0.29) is 11.8 Å². The predicted octanol–water partition coefficient (Wildman–Crippen LogP) is 3.72. The first-order valence-corrected chi connectivity index (χ1v) is 8.80. The van der Waals surface area contributed by atoms with E-state index < -0.39 is 0 Å². The van der Waals surface area contributed by atoms with Gasteiger partial charge in [-0.05, 0) is 42.6 Å². The van der Waals surface area contributed by atoms with Crippen molar-refractivity contribution in [2.24, 2.45) is 17.8 Å². The van der Waals surface area contributed by atoms with Gasteiger partial charge in [-0.3, -0.25) is 4.79 Å². The number of rotatable bonds is 5. The number of hydrogen-bond acceptors (Lipinski definition) is 1. The second kappa shape index (κ2) is 6.30. The molecule has 0 spiro atoms. The molecule has 2 nitrogen and oxygen atoms in total. The van der Waals surface area contributed by atoms with Crippen molar-refractivity contribution in [2.45, 2.75) is 31.6 Å². The monoisotopic (exact) mass is 335 g/mol. The van der Waals surface area contributed by atoms with Crippen LogP contribution in [0.3, 0.4) is 0 Å². The smallest absolute Gasteiger partial charge is 0.223 e. The van der Waals surface area contributed by atoms with Crippen molar-refractivity contribution in [3.63, 3.8) is 0 Å². The molecular weight excluding hydrogens is 314 g/mol. The van der Waals surface area contributed by atoms with Crippen LogP contribution < -0.4 is 5.32 Å². The van der Waals surface area contributed by atoms with Gasteiger partial charge in [0, 0.05) is 17.8 Å². The van der Waals surface area contributed by atoms with Crippen LogP contribution in [0.1, 0.15) is 37.2 Å². The summed E-state index contributed by atoms with van der Waals surface area (Å²) in [4.78, 5) is 12.2. The number of carbonyl (C=O) groups is 1. The van der Waals surface area contributed by atoms with Crippen LogP contribution in [-0.2, 0) is 4.79 Å². The molecule has 0 heterocycles. The van der Waals surface area contributed by atoms with Crippen molar-refractivity contribution in [1.82, 2.24) is 5.32 Å². The fourth-order valence-corrected chi connectivity index (χ4v) is 4.35. The molecule has 2 saturated carbocycles. The molecule has 2 fully saturated rings. The van der Waals surface area contributed by atoms with Crippen molar-refractivity contribution < 1.29 is 4.79 Å². The zero-order valence-electron chi connectivity index (χ0n) is 11.7. The van der Waals surface area contributed by atoms with Crippen LogP contribution in [0.15, 0.2) is 30.3 Å². The summed E-state index contributed by atoms with van der Waals surface area (Å²) in [7, 11) is 0. The molecule has 1 N–H and O–H groups in total. The van der Waals surface area contributed by atoms with Crippen LogP contribution in [0, 0.1) is 17.8 Å². The Morgan fingerprint density at radius 3 is 2.70 bits per heavy atom. The minimum Gasteiger partial charge on any atom is -0.356 e. The van der Waals surface area contributed by atoms with Gasteiger partial charge in [0.2, 0.25) is 5.91 Å². The second-order valence-corrected chi connectivity index (χ2v) is 6.86. The van der Waals surface area contributed by atoms with Gasteiger partial charge in [-0.1, -0.05) is 52.7 Å². The Hall–Kier alpha value is -0.830. The van der Waals surface area contributed by atoms with E-state index in [4.69, 9.17) is 0 Å². The predicted molar refractivity (Wildman–Crippen MR) is 84.9 cm³/mol. The summed E-state index contributed by atoms with van der Waals surface area (Å²) >= 11 is 3.59. The van der Waals surface area contributed by atoms with E-state index >= 15 is 0 Å². The van der Waals surface area contributed by atoms with Gasteiger partial charge in [0.15, 0.2) is 0 Å². The summed E-state index contributed by atoms with van der Waals surface area (Å²) in [6, 6.07) is 10.4. The first-order valence-electron chi connectivity index (χ1n) is 7.68. The maximum atomic E-state index is 12.2. The molecule has 20 heavy (non-hydrogen) atoms. The van der Waals surface area contributed by atoms with Crippen molar-refractivity contribution in [3.05, 3.63) is 35.9 Å². The van der Waals surface area contributed by atoms with Crippen LogP contribution in [0.2, 0.25) is 0 Å². The third kappa shape index (κ3) is 3.08. The lowest BCUT2D eigenvalue weighted by Crippen LogP contribution is -2.32. The summed E-state index contributed by atoms with van der Waals surface area (Å²) in [6.07, 6.45) is 4.90. The minimum atomic E-state index is 0.209. The first kappa shape index (κ1) is 14.1. The van der Waals surface area contributed by atoms with Gasteiger partial charge in [-0.2, -0.15) is 0 Å². The van der Waals surface area contributed by atoms with Gasteiger partial charge in [-0.25, -0.2) is 0 Å². The lowest BCUT2D eigenvalue weighted by molar-refractivity contribution is -0.122. The molecule has 0 saturated heterocycles. The number of nitrogens with one attached hydrogen (secondary N) is 1. The Labute approximate surface area is 129 Å². The number of hydrogen-bond donors (Lipinski definition) is 1. The van der Waals surface area contributed by atoms with E-state index in [0.717, 1.165) is 24.2 Å². The van der Waals surface area contributed by atoms with E-state index in [1.54, 1.807) is 0 Å². The van der Waals surface area contributed by atoms with Crippen molar-refractivity contribution in [3.8, 4) is 0 Å². The van der Waals surface area contributed by atoms with Gasteiger partial charge < -0.3 is 5.32 Å².